The molecule has 1 amide bonds. The second-order valence-electron chi connectivity index (χ2n) is 5.78. The normalized spacial score (nSPS) is 22.5. The van der Waals surface area contributed by atoms with Gasteiger partial charge in [-0.3, -0.25) is 4.79 Å². The van der Waals surface area contributed by atoms with Crippen LogP contribution in [0.3, 0.4) is 0 Å². The van der Waals surface area contributed by atoms with Gasteiger partial charge in [0.1, 0.15) is 5.75 Å². The molecule has 0 aliphatic heterocycles. The minimum absolute atomic E-state index is 0.119. The number of nitrogens with zero attached hydrogens (tertiary/aromatic N) is 1. The average Bonchev–Trinajstić information content (AvgIpc) is 2.49. The van der Waals surface area contributed by atoms with Gasteiger partial charge in [-0.2, -0.15) is 0 Å². The Morgan fingerprint density at radius 2 is 1.95 bits per heavy atom. The molecule has 1 aliphatic rings. The highest BCUT2D eigenvalue weighted by molar-refractivity contribution is 5.78. The molecule has 0 heterocycles. The van der Waals surface area contributed by atoms with Gasteiger partial charge >= 0.3 is 0 Å². The third-order valence-electron chi connectivity index (χ3n) is 4.30. The zero-order valence-corrected chi connectivity index (χ0v) is 12.1. The summed E-state index contributed by atoms with van der Waals surface area (Å²) in [5, 5.41) is 9.77. The maximum atomic E-state index is 12.4. The van der Waals surface area contributed by atoms with E-state index >= 15 is 0 Å². The van der Waals surface area contributed by atoms with E-state index in [1.165, 1.54) is 0 Å². The second-order valence-corrected chi connectivity index (χ2v) is 5.78. The summed E-state index contributed by atoms with van der Waals surface area (Å²) < 4.78 is 0. The van der Waals surface area contributed by atoms with Crippen molar-refractivity contribution in [3.63, 3.8) is 0 Å². The van der Waals surface area contributed by atoms with Crippen LogP contribution in [0, 0.1) is 11.8 Å². The average molecular weight is 276 g/mol. The number of rotatable bonds is 4. The zero-order valence-electron chi connectivity index (χ0n) is 12.1. The Morgan fingerprint density at radius 1 is 1.30 bits per heavy atom. The van der Waals surface area contributed by atoms with E-state index in [1.54, 1.807) is 17.0 Å². The SMILES string of the molecule is CN(Cc1ccccc1O)C(=O)C1CCC(CN)CC1. The largest absolute Gasteiger partial charge is 0.508 e. The topological polar surface area (TPSA) is 66.6 Å². The van der Waals surface area contributed by atoms with Gasteiger partial charge in [-0.25, -0.2) is 0 Å². The molecule has 0 atom stereocenters. The summed E-state index contributed by atoms with van der Waals surface area (Å²) in [6, 6.07) is 7.17. The smallest absolute Gasteiger partial charge is 0.225 e. The minimum Gasteiger partial charge on any atom is -0.508 e. The van der Waals surface area contributed by atoms with Crippen LogP contribution in [-0.4, -0.2) is 29.5 Å². The number of carbonyl (C=O) groups is 1. The molecule has 110 valence electrons. The Balaban J connectivity index is 1.91. The fourth-order valence-corrected chi connectivity index (χ4v) is 2.93. The second kappa shape index (κ2) is 6.75. The number of hydrogen-bond donors (Lipinski definition) is 2. The van der Waals surface area contributed by atoms with E-state index in [4.69, 9.17) is 5.73 Å². The minimum atomic E-state index is 0.119. The van der Waals surface area contributed by atoms with E-state index < -0.39 is 0 Å². The van der Waals surface area contributed by atoms with Crippen LogP contribution in [0.1, 0.15) is 31.2 Å². The molecule has 0 saturated heterocycles. The highest BCUT2D eigenvalue weighted by atomic mass is 16.3. The van der Waals surface area contributed by atoms with Crippen LogP contribution in [0.25, 0.3) is 0 Å². The molecule has 2 rings (SSSR count). The van der Waals surface area contributed by atoms with E-state index in [9.17, 15) is 9.90 Å². The van der Waals surface area contributed by atoms with Crippen molar-refractivity contribution in [3.05, 3.63) is 29.8 Å². The Labute approximate surface area is 120 Å². The lowest BCUT2D eigenvalue weighted by molar-refractivity contribution is -0.136. The number of carbonyl (C=O) groups excluding carboxylic acids is 1. The third kappa shape index (κ3) is 3.51. The van der Waals surface area contributed by atoms with Gasteiger partial charge < -0.3 is 15.7 Å². The van der Waals surface area contributed by atoms with Crippen LogP contribution >= 0.6 is 0 Å². The zero-order chi connectivity index (χ0) is 14.5. The van der Waals surface area contributed by atoms with Gasteiger partial charge in [0.2, 0.25) is 5.91 Å². The molecule has 1 aliphatic carbocycles. The number of phenolic OH excluding ortho intramolecular Hbond substituents is 1. The molecule has 4 heteroatoms. The third-order valence-corrected chi connectivity index (χ3v) is 4.30. The number of hydrogen-bond acceptors (Lipinski definition) is 3. The summed E-state index contributed by atoms with van der Waals surface area (Å²) in [6.45, 7) is 1.19. The lowest BCUT2D eigenvalue weighted by Gasteiger charge is -2.30. The highest BCUT2D eigenvalue weighted by Gasteiger charge is 2.27. The molecule has 4 nitrogen and oxygen atoms in total. The highest BCUT2D eigenvalue weighted by Crippen LogP contribution is 2.29. The predicted molar refractivity (Wildman–Crippen MR) is 79.1 cm³/mol. The van der Waals surface area contributed by atoms with Crippen molar-refractivity contribution in [1.82, 2.24) is 4.90 Å². The Bertz CT molecular complexity index is 454. The van der Waals surface area contributed by atoms with Crippen LogP contribution in [0.4, 0.5) is 0 Å². The molecule has 1 fully saturated rings. The molecule has 1 aromatic carbocycles. The number of amides is 1. The van der Waals surface area contributed by atoms with E-state index in [-0.39, 0.29) is 17.6 Å². The first-order valence-corrected chi connectivity index (χ1v) is 7.33. The van der Waals surface area contributed by atoms with Gasteiger partial charge in [-0.15, -0.1) is 0 Å². The fourth-order valence-electron chi connectivity index (χ4n) is 2.93. The van der Waals surface area contributed by atoms with Crippen molar-refractivity contribution in [3.8, 4) is 5.75 Å². The molecule has 0 spiro atoms. The van der Waals surface area contributed by atoms with Gasteiger partial charge in [0.15, 0.2) is 0 Å². The molecule has 0 radical (unpaired) electrons. The predicted octanol–water partition coefficient (Wildman–Crippen LogP) is 2.12. The van der Waals surface area contributed by atoms with Crippen LogP contribution in [0.2, 0.25) is 0 Å². The quantitative estimate of drug-likeness (QED) is 0.885. The number of nitrogens with two attached hydrogens (primary N) is 1. The summed E-state index contributed by atoms with van der Waals surface area (Å²) in [7, 11) is 1.81. The Hall–Kier alpha value is -1.55. The van der Waals surface area contributed by atoms with Crippen molar-refractivity contribution in [2.75, 3.05) is 13.6 Å². The molecule has 0 aromatic heterocycles. The molecular formula is C16H24N2O2. The van der Waals surface area contributed by atoms with Crippen molar-refractivity contribution in [2.24, 2.45) is 17.6 Å². The van der Waals surface area contributed by atoms with E-state index in [0.29, 0.717) is 12.5 Å². The monoisotopic (exact) mass is 276 g/mol. The summed E-state index contributed by atoms with van der Waals surface area (Å²) in [4.78, 5) is 14.1. The van der Waals surface area contributed by atoms with Crippen molar-refractivity contribution in [2.45, 2.75) is 32.2 Å². The lowest BCUT2D eigenvalue weighted by atomic mass is 9.81. The molecular weight excluding hydrogens is 252 g/mol. The van der Waals surface area contributed by atoms with Crippen LogP contribution < -0.4 is 5.73 Å². The van der Waals surface area contributed by atoms with Gasteiger partial charge in [-0.05, 0) is 44.2 Å². The first-order valence-electron chi connectivity index (χ1n) is 7.33. The Morgan fingerprint density at radius 3 is 2.55 bits per heavy atom. The van der Waals surface area contributed by atoms with Crippen molar-refractivity contribution >= 4 is 5.91 Å². The summed E-state index contributed by atoms with van der Waals surface area (Å²) in [6.07, 6.45) is 3.98. The number of para-hydroxylation sites is 1. The van der Waals surface area contributed by atoms with E-state index in [1.807, 2.05) is 19.2 Å². The molecule has 1 saturated carbocycles. The fraction of sp³-hybridized carbons (Fsp3) is 0.562. The van der Waals surface area contributed by atoms with Gasteiger partial charge in [-0.1, -0.05) is 18.2 Å². The van der Waals surface area contributed by atoms with Gasteiger partial charge in [0.05, 0.1) is 0 Å². The first kappa shape index (κ1) is 14.9. The maximum Gasteiger partial charge on any atom is 0.225 e. The van der Waals surface area contributed by atoms with Crippen LogP contribution in [0.5, 0.6) is 5.75 Å². The molecule has 0 bridgehead atoms. The van der Waals surface area contributed by atoms with Crippen LogP contribution in [-0.2, 0) is 11.3 Å². The summed E-state index contributed by atoms with van der Waals surface area (Å²) in [5.41, 5.74) is 6.47. The van der Waals surface area contributed by atoms with Crippen molar-refractivity contribution < 1.29 is 9.90 Å². The van der Waals surface area contributed by atoms with E-state index in [2.05, 4.69) is 0 Å². The standard InChI is InChI=1S/C16H24N2O2/c1-18(11-14-4-2-3-5-15(14)19)16(20)13-8-6-12(10-17)7-9-13/h2-5,12-13,19H,6-11,17H2,1H3. The Kier molecular flexibility index (Phi) is 5.01. The number of aromatic hydroxyl groups is 1. The van der Waals surface area contributed by atoms with Crippen molar-refractivity contribution in [1.29, 1.82) is 0 Å². The van der Waals surface area contributed by atoms with Gasteiger partial charge in [0.25, 0.3) is 0 Å². The van der Waals surface area contributed by atoms with Gasteiger partial charge in [0, 0.05) is 25.1 Å². The molecule has 0 unspecified atom stereocenters. The molecule has 1 aromatic rings. The van der Waals surface area contributed by atoms with Crippen LogP contribution in [0.15, 0.2) is 24.3 Å². The summed E-state index contributed by atoms with van der Waals surface area (Å²) >= 11 is 0. The maximum absolute atomic E-state index is 12.4. The molecule has 20 heavy (non-hydrogen) atoms. The summed E-state index contributed by atoms with van der Waals surface area (Å²) in [5.74, 6) is 1.14. The lowest BCUT2D eigenvalue weighted by Crippen LogP contribution is -2.35. The number of benzene rings is 1. The number of phenols is 1. The first-order chi connectivity index (χ1) is 9.61. The molecule has 3 N–H and O–H groups in total. The van der Waals surface area contributed by atoms with E-state index in [0.717, 1.165) is 37.8 Å².